The van der Waals surface area contributed by atoms with E-state index in [0.29, 0.717) is 39.1 Å². The summed E-state index contributed by atoms with van der Waals surface area (Å²) in [5.74, 6) is 0.245. The minimum absolute atomic E-state index is 0.0809. The molecule has 19 heavy (non-hydrogen) atoms. The highest BCUT2D eigenvalue weighted by molar-refractivity contribution is 7.12. The molecule has 0 aliphatic carbocycles. The number of nitrogens with one attached hydrogen (secondary N) is 1. The van der Waals surface area contributed by atoms with E-state index in [2.05, 4.69) is 5.32 Å². The number of thiophene rings is 1. The van der Waals surface area contributed by atoms with E-state index < -0.39 is 0 Å². The number of hydrogen-bond acceptors (Lipinski definition) is 4. The zero-order valence-electron chi connectivity index (χ0n) is 11.1. The van der Waals surface area contributed by atoms with Crippen molar-refractivity contribution >= 4 is 23.2 Å². The van der Waals surface area contributed by atoms with Crippen LogP contribution in [0.4, 0.5) is 0 Å². The van der Waals surface area contributed by atoms with Gasteiger partial charge in [0.2, 0.25) is 5.91 Å². The third kappa shape index (κ3) is 3.54. The van der Waals surface area contributed by atoms with Crippen LogP contribution in [0.5, 0.6) is 0 Å². The number of carbonyl (C=O) groups is 2. The molecule has 2 amide bonds. The lowest BCUT2D eigenvalue weighted by molar-refractivity contribution is -0.132. The van der Waals surface area contributed by atoms with Gasteiger partial charge in [-0.25, -0.2) is 0 Å². The van der Waals surface area contributed by atoms with E-state index in [9.17, 15) is 9.59 Å². The van der Waals surface area contributed by atoms with Crippen LogP contribution in [0.25, 0.3) is 0 Å². The van der Waals surface area contributed by atoms with Crippen LogP contribution < -0.4 is 5.32 Å². The molecule has 0 unspecified atom stereocenters. The second-order valence-electron chi connectivity index (χ2n) is 4.50. The Kier molecular flexibility index (Phi) is 4.93. The molecule has 0 spiro atoms. The highest BCUT2D eigenvalue weighted by Crippen LogP contribution is 2.14. The van der Waals surface area contributed by atoms with E-state index in [4.69, 9.17) is 0 Å². The van der Waals surface area contributed by atoms with E-state index in [1.54, 1.807) is 0 Å². The maximum absolute atomic E-state index is 12.1. The highest BCUT2D eigenvalue weighted by Gasteiger charge is 2.24. The Morgan fingerprint density at radius 1 is 1.26 bits per heavy atom. The van der Waals surface area contributed by atoms with Gasteiger partial charge in [0.25, 0.3) is 5.91 Å². The largest absolute Gasteiger partial charge is 0.339 e. The molecule has 2 heterocycles. The Morgan fingerprint density at radius 2 is 1.95 bits per heavy atom. The SMILES string of the molecule is CNCCC(=O)N1CCN(C(=O)c2cccs2)CC1. The number of amides is 2. The van der Waals surface area contributed by atoms with Gasteiger partial charge < -0.3 is 15.1 Å². The van der Waals surface area contributed by atoms with Crippen molar-refractivity contribution in [3.63, 3.8) is 0 Å². The van der Waals surface area contributed by atoms with E-state index in [0.717, 1.165) is 4.88 Å². The average molecular weight is 281 g/mol. The van der Waals surface area contributed by atoms with Crippen LogP contribution in [0.1, 0.15) is 16.1 Å². The summed E-state index contributed by atoms with van der Waals surface area (Å²) in [4.78, 5) is 28.4. The Morgan fingerprint density at radius 3 is 2.53 bits per heavy atom. The smallest absolute Gasteiger partial charge is 0.264 e. The van der Waals surface area contributed by atoms with Gasteiger partial charge in [0.1, 0.15) is 0 Å². The first-order valence-electron chi connectivity index (χ1n) is 6.47. The molecular formula is C13H19N3O2S. The lowest BCUT2D eigenvalue weighted by Gasteiger charge is -2.34. The summed E-state index contributed by atoms with van der Waals surface area (Å²) in [6.45, 7) is 3.23. The fourth-order valence-corrected chi connectivity index (χ4v) is 2.80. The number of rotatable bonds is 4. The van der Waals surface area contributed by atoms with Gasteiger partial charge in [0.05, 0.1) is 4.88 Å². The summed E-state index contributed by atoms with van der Waals surface area (Å²) in [5.41, 5.74) is 0. The Balaban J connectivity index is 1.82. The number of piperazine rings is 1. The third-order valence-corrected chi connectivity index (χ3v) is 4.10. The van der Waals surface area contributed by atoms with Crippen molar-refractivity contribution in [1.82, 2.24) is 15.1 Å². The van der Waals surface area contributed by atoms with Gasteiger partial charge in [-0.2, -0.15) is 0 Å². The molecule has 0 radical (unpaired) electrons. The van der Waals surface area contributed by atoms with E-state index in [1.807, 2.05) is 34.4 Å². The van der Waals surface area contributed by atoms with Crippen LogP contribution in [0, 0.1) is 0 Å². The van der Waals surface area contributed by atoms with Gasteiger partial charge in [-0.3, -0.25) is 9.59 Å². The summed E-state index contributed by atoms with van der Waals surface area (Å²) in [5, 5.41) is 4.88. The quantitative estimate of drug-likeness (QED) is 0.881. The topological polar surface area (TPSA) is 52.7 Å². The molecule has 5 nitrogen and oxygen atoms in total. The number of hydrogen-bond donors (Lipinski definition) is 1. The molecule has 1 fully saturated rings. The van der Waals surface area contributed by atoms with Gasteiger partial charge >= 0.3 is 0 Å². The third-order valence-electron chi connectivity index (χ3n) is 3.24. The molecule has 1 aromatic rings. The summed E-state index contributed by atoms with van der Waals surface area (Å²) >= 11 is 1.46. The fraction of sp³-hybridized carbons (Fsp3) is 0.538. The fourth-order valence-electron chi connectivity index (χ4n) is 2.11. The molecule has 0 atom stereocenters. The summed E-state index contributed by atoms with van der Waals surface area (Å²) in [6.07, 6.45) is 0.523. The predicted octanol–water partition coefficient (Wildman–Crippen LogP) is 0.642. The van der Waals surface area contributed by atoms with E-state index in [-0.39, 0.29) is 11.8 Å². The van der Waals surface area contributed by atoms with Crippen LogP contribution in [0.15, 0.2) is 17.5 Å². The molecular weight excluding hydrogens is 262 g/mol. The van der Waals surface area contributed by atoms with Gasteiger partial charge in [-0.05, 0) is 18.5 Å². The second kappa shape index (κ2) is 6.68. The van der Waals surface area contributed by atoms with Gasteiger partial charge in [0.15, 0.2) is 0 Å². The molecule has 1 saturated heterocycles. The summed E-state index contributed by atoms with van der Waals surface area (Å²) < 4.78 is 0. The van der Waals surface area contributed by atoms with E-state index in [1.165, 1.54) is 11.3 Å². The standard InChI is InChI=1S/C13H19N3O2S/c1-14-5-4-12(17)15-6-8-16(9-7-15)13(18)11-3-2-10-19-11/h2-3,10,14H,4-9H2,1H3. The second-order valence-corrected chi connectivity index (χ2v) is 5.45. The van der Waals surface area contributed by atoms with Crippen molar-refractivity contribution in [2.45, 2.75) is 6.42 Å². The number of nitrogens with zero attached hydrogens (tertiary/aromatic N) is 2. The molecule has 1 aliphatic heterocycles. The molecule has 104 valence electrons. The van der Waals surface area contributed by atoms with Crippen molar-refractivity contribution in [3.05, 3.63) is 22.4 Å². The van der Waals surface area contributed by atoms with Crippen molar-refractivity contribution in [1.29, 1.82) is 0 Å². The van der Waals surface area contributed by atoms with Crippen LogP contribution in [-0.2, 0) is 4.79 Å². The number of carbonyl (C=O) groups excluding carboxylic acids is 2. The highest BCUT2D eigenvalue weighted by atomic mass is 32.1. The lowest BCUT2D eigenvalue weighted by atomic mass is 10.2. The van der Waals surface area contributed by atoms with E-state index >= 15 is 0 Å². The van der Waals surface area contributed by atoms with Crippen molar-refractivity contribution < 1.29 is 9.59 Å². The summed E-state index contributed by atoms with van der Waals surface area (Å²) in [6, 6.07) is 3.73. The van der Waals surface area contributed by atoms with Gasteiger partial charge in [-0.1, -0.05) is 6.07 Å². The van der Waals surface area contributed by atoms with Crippen LogP contribution in [-0.4, -0.2) is 61.4 Å². The molecule has 1 N–H and O–H groups in total. The van der Waals surface area contributed by atoms with Crippen LogP contribution in [0.3, 0.4) is 0 Å². The first kappa shape index (κ1) is 14.0. The van der Waals surface area contributed by atoms with Gasteiger partial charge in [0, 0.05) is 39.1 Å². The molecule has 1 aliphatic rings. The molecule has 2 rings (SSSR count). The van der Waals surface area contributed by atoms with Crippen molar-refractivity contribution in [2.75, 3.05) is 39.8 Å². The zero-order chi connectivity index (χ0) is 13.7. The molecule has 6 heteroatoms. The monoisotopic (exact) mass is 281 g/mol. The predicted molar refractivity (Wildman–Crippen MR) is 75.3 cm³/mol. The maximum atomic E-state index is 12.1. The average Bonchev–Trinajstić information content (AvgIpc) is 2.98. The lowest BCUT2D eigenvalue weighted by Crippen LogP contribution is -2.50. The zero-order valence-corrected chi connectivity index (χ0v) is 11.9. The first-order valence-corrected chi connectivity index (χ1v) is 7.35. The Labute approximate surface area is 117 Å². The van der Waals surface area contributed by atoms with Gasteiger partial charge in [-0.15, -0.1) is 11.3 Å². The summed E-state index contributed by atoms with van der Waals surface area (Å²) in [7, 11) is 1.84. The van der Waals surface area contributed by atoms with Crippen molar-refractivity contribution in [3.8, 4) is 0 Å². The molecule has 0 aromatic carbocycles. The van der Waals surface area contributed by atoms with Crippen molar-refractivity contribution in [2.24, 2.45) is 0 Å². The minimum Gasteiger partial charge on any atom is -0.339 e. The minimum atomic E-state index is 0.0809. The molecule has 0 saturated carbocycles. The normalized spacial score (nSPS) is 15.6. The molecule has 0 bridgehead atoms. The maximum Gasteiger partial charge on any atom is 0.264 e. The molecule has 1 aromatic heterocycles. The van der Waals surface area contributed by atoms with Crippen LogP contribution >= 0.6 is 11.3 Å². The first-order chi connectivity index (χ1) is 9.22. The van der Waals surface area contributed by atoms with Crippen LogP contribution in [0.2, 0.25) is 0 Å². The Hall–Kier alpha value is -1.40. The Bertz CT molecular complexity index is 425.